The van der Waals surface area contributed by atoms with Crippen molar-refractivity contribution in [2.75, 3.05) is 11.9 Å². The van der Waals surface area contributed by atoms with Crippen LogP contribution in [0.5, 0.6) is 0 Å². The van der Waals surface area contributed by atoms with Gasteiger partial charge in [0.05, 0.1) is 12.2 Å². The SMILES string of the molecule is CCOC(=O)/C(=C\Nc1ccnc(Cl)c1)c1cccc(F)c1. The van der Waals surface area contributed by atoms with Crippen LogP contribution in [0.1, 0.15) is 12.5 Å². The largest absolute Gasteiger partial charge is 0.462 e. The van der Waals surface area contributed by atoms with Gasteiger partial charge in [-0.15, -0.1) is 0 Å². The molecule has 0 radical (unpaired) electrons. The molecule has 0 spiro atoms. The molecule has 1 heterocycles. The molecule has 2 rings (SSSR count). The molecule has 2 aromatic rings. The highest BCUT2D eigenvalue weighted by Gasteiger charge is 2.13. The van der Waals surface area contributed by atoms with Crippen molar-refractivity contribution in [2.24, 2.45) is 0 Å². The molecule has 0 saturated heterocycles. The number of nitrogens with zero attached hydrogens (tertiary/aromatic N) is 1. The Kier molecular flexibility index (Phi) is 5.49. The normalized spacial score (nSPS) is 11.1. The first-order valence-corrected chi connectivity index (χ1v) is 6.99. The van der Waals surface area contributed by atoms with E-state index in [9.17, 15) is 9.18 Å². The second-order valence-corrected chi connectivity index (χ2v) is 4.69. The van der Waals surface area contributed by atoms with Crippen molar-refractivity contribution in [3.8, 4) is 0 Å². The van der Waals surface area contributed by atoms with Crippen molar-refractivity contribution >= 4 is 28.8 Å². The van der Waals surface area contributed by atoms with E-state index in [1.807, 2.05) is 0 Å². The summed E-state index contributed by atoms with van der Waals surface area (Å²) in [6.07, 6.45) is 2.99. The summed E-state index contributed by atoms with van der Waals surface area (Å²) in [6.45, 7) is 1.93. The molecule has 0 amide bonds. The molecule has 0 saturated carbocycles. The Labute approximate surface area is 132 Å². The molecular weight excluding hydrogens is 307 g/mol. The number of carbonyl (C=O) groups excluding carboxylic acids is 1. The van der Waals surface area contributed by atoms with Crippen molar-refractivity contribution in [3.05, 3.63) is 65.3 Å². The van der Waals surface area contributed by atoms with Gasteiger partial charge in [0.1, 0.15) is 11.0 Å². The first kappa shape index (κ1) is 16.0. The van der Waals surface area contributed by atoms with Crippen LogP contribution < -0.4 is 5.32 Å². The molecule has 0 aliphatic rings. The molecular formula is C16H14ClFN2O2. The lowest BCUT2D eigenvalue weighted by atomic mass is 10.1. The van der Waals surface area contributed by atoms with E-state index in [1.165, 1.54) is 30.6 Å². The summed E-state index contributed by atoms with van der Waals surface area (Å²) in [5, 5.41) is 3.25. The van der Waals surface area contributed by atoms with Gasteiger partial charge in [-0.2, -0.15) is 0 Å². The summed E-state index contributed by atoms with van der Waals surface area (Å²) in [7, 11) is 0. The van der Waals surface area contributed by atoms with Crippen LogP contribution >= 0.6 is 11.6 Å². The monoisotopic (exact) mass is 320 g/mol. The van der Waals surface area contributed by atoms with Crippen LogP contribution in [0.2, 0.25) is 5.15 Å². The smallest absolute Gasteiger partial charge is 0.340 e. The lowest BCUT2D eigenvalue weighted by Gasteiger charge is -2.09. The molecule has 4 nitrogen and oxygen atoms in total. The molecule has 0 fully saturated rings. The number of hydrogen-bond acceptors (Lipinski definition) is 4. The number of anilines is 1. The van der Waals surface area contributed by atoms with Crippen LogP contribution in [0, 0.1) is 5.82 Å². The van der Waals surface area contributed by atoms with E-state index >= 15 is 0 Å². The van der Waals surface area contributed by atoms with Gasteiger partial charge < -0.3 is 10.1 Å². The summed E-state index contributed by atoms with van der Waals surface area (Å²) in [4.78, 5) is 15.9. The minimum atomic E-state index is -0.541. The van der Waals surface area contributed by atoms with E-state index in [-0.39, 0.29) is 12.2 Å². The Morgan fingerprint density at radius 1 is 1.41 bits per heavy atom. The molecule has 1 aromatic carbocycles. The molecule has 0 aliphatic carbocycles. The van der Waals surface area contributed by atoms with E-state index in [4.69, 9.17) is 16.3 Å². The van der Waals surface area contributed by atoms with Gasteiger partial charge >= 0.3 is 5.97 Å². The summed E-state index contributed by atoms with van der Waals surface area (Å²) in [5.41, 5.74) is 1.29. The highest BCUT2D eigenvalue weighted by Crippen LogP contribution is 2.19. The fraction of sp³-hybridized carbons (Fsp3) is 0.125. The van der Waals surface area contributed by atoms with Gasteiger partial charge in [0, 0.05) is 18.1 Å². The maximum atomic E-state index is 13.4. The Morgan fingerprint density at radius 3 is 2.91 bits per heavy atom. The number of hydrogen-bond donors (Lipinski definition) is 1. The van der Waals surface area contributed by atoms with Gasteiger partial charge in [-0.05, 0) is 36.8 Å². The minimum absolute atomic E-state index is 0.217. The minimum Gasteiger partial charge on any atom is -0.462 e. The lowest BCUT2D eigenvalue weighted by molar-refractivity contribution is -0.136. The van der Waals surface area contributed by atoms with Crippen LogP contribution in [-0.2, 0) is 9.53 Å². The zero-order chi connectivity index (χ0) is 15.9. The Balaban J connectivity index is 2.31. The molecule has 1 aromatic heterocycles. The maximum Gasteiger partial charge on any atom is 0.340 e. The molecule has 0 atom stereocenters. The summed E-state index contributed by atoms with van der Waals surface area (Å²) >= 11 is 5.80. The van der Waals surface area contributed by atoms with Gasteiger partial charge in [0.25, 0.3) is 0 Å². The average molecular weight is 321 g/mol. The van der Waals surface area contributed by atoms with Gasteiger partial charge in [0.2, 0.25) is 0 Å². The van der Waals surface area contributed by atoms with E-state index in [2.05, 4.69) is 10.3 Å². The number of ether oxygens (including phenoxy) is 1. The fourth-order valence-corrected chi connectivity index (χ4v) is 1.95. The van der Waals surface area contributed by atoms with Gasteiger partial charge in [-0.1, -0.05) is 23.7 Å². The standard InChI is InChI=1S/C16H14ClFN2O2/c1-2-22-16(21)14(11-4-3-5-12(18)8-11)10-20-13-6-7-19-15(17)9-13/h3-10H,2H2,1H3,(H,19,20)/b14-10-. The number of carbonyl (C=O) groups is 1. The van der Waals surface area contributed by atoms with Crippen molar-refractivity contribution in [1.29, 1.82) is 0 Å². The van der Waals surface area contributed by atoms with Crippen molar-refractivity contribution in [2.45, 2.75) is 6.92 Å². The second kappa shape index (κ2) is 7.56. The summed E-state index contributed by atoms with van der Waals surface area (Å²) in [6, 6.07) is 9.03. The third-order valence-corrected chi connectivity index (χ3v) is 2.95. The lowest BCUT2D eigenvalue weighted by Crippen LogP contribution is -2.08. The number of benzene rings is 1. The second-order valence-electron chi connectivity index (χ2n) is 4.30. The van der Waals surface area contributed by atoms with Crippen LogP contribution in [0.4, 0.5) is 10.1 Å². The molecule has 0 aliphatic heterocycles. The number of nitrogens with one attached hydrogen (secondary N) is 1. The Morgan fingerprint density at radius 2 is 2.23 bits per heavy atom. The molecule has 0 bridgehead atoms. The molecule has 22 heavy (non-hydrogen) atoms. The van der Waals surface area contributed by atoms with Crippen molar-refractivity contribution in [1.82, 2.24) is 4.98 Å². The van der Waals surface area contributed by atoms with Crippen molar-refractivity contribution in [3.63, 3.8) is 0 Å². The zero-order valence-corrected chi connectivity index (χ0v) is 12.6. The average Bonchev–Trinajstić information content (AvgIpc) is 2.48. The number of halogens is 2. The summed E-state index contributed by atoms with van der Waals surface area (Å²) in [5.74, 6) is -0.972. The topological polar surface area (TPSA) is 51.2 Å². The van der Waals surface area contributed by atoms with Crippen LogP contribution in [-0.4, -0.2) is 17.6 Å². The predicted molar refractivity (Wildman–Crippen MR) is 83.9 cm³/mol. The van der Waals surface area contributed by atoms with Crippen LogP contribution in [0.3, 0.4) is 0 Å². The predicted octanol–water partition coefficient (Wildman–Crippen LogP) is 3.89. The first-order chi connectivity index (χ1) is 10.6. The molecule has 1 N–H and O–H groups in total. The highest BCUT2D eigenvalue weighted by atomic mass is 35.5. The van der Waals surface area contributed by atoms with E-state index < -0.39 is 11.8 Å². The number of pyridine rings is 1. The van der Waals surface area contributed by atoms with Gasteiger partial charge in [-0.25, -0.2) is 14.2 Å². The number of esters is 1. The third kappa shape index (κ3) is 4.30. The fourth-order valence-electron chi connectivity index (χ4n) is 1.77. The quantitative estimate of drug-likeness (QED) is 0.516. The van der Waals surface area contributed by atoms with Gasteiger partial charge in [-0.3, -0.25) is 0 Å². The maximum absolute atomic E-state index is 13.4. The molecule has 114 valence electrons. The van der Waals surface area contributed by atoms with E-state index in [0.29, 0.717) is 16.4 Å². The highest BCUT2D eigenvalue weighted by molar-refractivity contribution is 6.29. The first-order valence-electron chi connectivity index (χ1n) is 6.61. The summed E-state index contributed by atoms with van der Waals surface area (Å²) < 4.78 is 18.4. The number of aromatic nitrogens is 1. The third-order valence-electron chi connectivity index (χ3n) is 2.74. The Hall–Kier alpha value is -2.40. The van der Waals surface area contributed by atoms with Gasteiger partial charge in [0.15, 0.2) is 0 Å². The van der Waals surface area contributed by atoms with Crippen LogP contribution in [0.15, 0.2) is 48.8 Å². The molecule has 0 unspecified atom stereocenters. The zero-order valence-electron chi connectivity index (χ0n) is 11.8. The van der Waals surface area contributed by atoms with Crippen molar-refractivity contribution < 1.29 is 13.9 Å². The van der Waals surface area contributed by atoms with E-state index in [1.54, 1.807) is 25.1 Å². The molecule has 6 heteroatoms. The van der Waals surface area contributed by atoms with E-state index in [0.717, 1.165) is 0 Å². The number of rotatable bonds is 5. The van der Waals surface area contributed by atoms with Crippen LogP contribution in [0.25, 0.3) is 5.57 Å². The Bertz CT molecular complexity index is 704.